The third-order valence-electron chi connectivity index (χ3n) is 6.86. The molecule has 0 aliphatic heterocycles. The van der Waals surface area contributed by atoms with Gasteiger partial charge in [-0.25, -0.2) is 0 Å². The van der Waals surface area contributed by atoms with Crippen LogP contribution in [0.3, 0.4) is 0 Å². The van der Waals surface area contributed by atoms with Gasteiger partial charge in [0.15, 0.2) is 0 Å². The maximum absolute atomic E-state index is 4.55. The van der Waals surface area contributed by atoms with E-state index in [1.54, 1.807) is 18.6 Å². The lowest BCUT2D eigenvalue weighted by Crippen LogP contribution is -1.88. The van der Waals surface area contributed by atoms with E-state index < -0.39 is 0 Å². The Morgan fingerprint density at radius 3 is 0.976 bits per heavy atom. The smallest absolute Gasteiger partial charge is 0.0858 e. The van der Waals surface area contributed by atoms with Crippen molar-refractivity contribution in [2.75, 3.05) is 0 Å². The summed E-state index contributed by atoms with van der Waals surface area (Å²) in [6.45, 7) is 0. The van der Waals surface area contributed by atoms with Crippen molar-refractivity contribution in [3.8, 4) is 35.5 Å². The number of hydrogen-bond acceptors (Lipinski definition) is 3. The van der Waals surface area contributed by atoms with Crippen molar-refractivity contribution in [3.05, 3.63) is 161 Å². The summed E-state index contributed by atoms with van der Waals surface area (Å²) >= 11 is 0. The summed E-state index contributed by atoms with van der Waals surface area (Å²) in [7, 11) is 0. The summed E-state index contributed by atoms with van der Waals surface area (Å²) in [5.74, 6) is 20.0. The zero-order valence-electron chi connectivity index (χ0n) is 22.5. The molecule has 0 N–H and O–H groups in total. The van der Waals surface area contributed by atoms with Crippen LogP contribution in [0.5, 0.6) is 0 Å². The van der Waals surface area contributed by atoms with Crippen LogP contribution in [0.15, 0.2) is 128 Å². The predicted molar refractivity (Wildman–Crippen MR) is 170 cm³/mol. The molecule has 3 heteroatoms. The van der Waals surface area contributed by atoms with Gasteiger partial charge in [0, 0.05) is 51.4 Å². The monoisotopic (exact) mass is 531 g/mol. The summed E-state index contributed by atoms with van der Waals surface area (Å²) in [6.07, 6.45) is 5.38. The van der Waals surface area contributed by atoms with E-state index in [9.17, 15) is 0 Å². The zero-order valence-corrected chi connectivity index (χ0v) is 22.5. The zero-order chi connectivity index (χ0) is 28.1. The molecule has 0 aliphatic carbocycles. The molecule has 0 saturated carbocycles. The second-order valence-electron chi connectivity index (χ2n) is 9.69. The lowest BCUT2D eigenvalue weighted by atomic mass is 10.0. The quantitative estimate of drug-likeness (QED) is 0.190. The maximum atomic E-state index is 4.55. The molecule has 0 saturated heterocycles. The number of fused-ring (bicyclic) bond motifs is 3. The molecule has 0 atom stereocenters. The van der Waals surface area contributed by atoms with Gasteiger partial charge < -0.3 is 0 Å². The molecule has 0 bridgehead atoms. The van der Waals surface area contributed by atoms with Gasteiger partial charge in [0.05, 0.1) is 33.2 Å². The van der Waals surface area contributed by atoms with Gasteiger partial charge in [-0.3, -0.25) is 15.0 Å². The topological polar surface area (TPSA) is 38.7 Å². The van der Waals surface area contributed by atoms with Gasteiger partial charge in [-0.05, 0) is 54.6 Å². The summed E-state index contributed by atoms with van der Waals surface area (Å²) < 4.78 is 0. The molecule has 0 aliphatic rings. The van der Waals surface area contributed by atoms with E-state index in [0.717, 1.165) is 66.1 Å². The van der Waals surface area contributed by atoms with Crippen LogP contribution in [0.2, 0.25) is 0 Å². The van der Waals surface area contributed by atoms with E-state index in [2.05, 4.69) is 50.5 Å². The molecule has 0 fully saturated rings. The molecule has 42 heavy (non-hydrogen) atoms. The van der Waals surface area contributed by atoms with E-state index >= 15 is 0 Å². The predicted octanol–water partition coefficient (Wildman–Crippen LogP) is 7.53. The molecule has 192 valence electrons. The highest BCUT2D eigenvalue weighted by Gasteiger charge is 2.03. The summed E-state index contributed by atoms with van der Waals surface area (Å²) in [6, 6.07) is 36.1. The molecule has 3 aromatic heterocycles. The van der Waals surface area contributed by atoms with Gasteiger partial charge in [-0.1, -0.05) is 90.1 Å². The van der Waals surface area contributed by atoms with E-state index in [4.69, 9.17) is 0 Å². The standard InChI is InChI=1S/C39H21N3/c1-7-31-13-4-22-40-37(31)34(10-1)19-16-28-25-29(17-20-35-11-2-8-32-14-5-23-41-38(32)35)27-30(26-28)18-21-36-12-3-9-33-15-6-24-42-39(33)36/h1-15,22-27H. The van der Waals surface area contributed by atoms with Gasteiger partial charge in [0.1, 0.15) is 0 Å². The number of aromatic nitrogens is 3. The Morgan fingerprint density at radius 2 is 0.643 bits per heavy atom. The Bertz CT molecular complexity index is 2040. The molecule has 4 aromatic carbocycles. The van der Waals surface area contributed by atoms with Crippen LogP contribution in [0.25, 0.3) is 32.7 Å². The van der Waals surface area contributed by atoms with Crippen molar-refractivity contribution in [1.82, 2.24) is 15.0 Å². The molecule has 0 spiro atoms. The normalized spacial score (nSPS) is 10.3. The Morgan fingerprint density at radius 1 is 0.333 bits per heavy atom. The summed E-state index contributed by atoms with van der Waals surface area (Å²) in [5.41, 5.74) is 7.76. The van der Waals surface area contributed by atoms with E-state index in [1.165, 1.54) is 0 Å². The average Bonchev–Trinajstić information content (AvgIpc) is 3.05. The fourth-order valence-corrected chi connectivity index (χ4v) is 4.88. The van der Waals surface area contributed by atoms with Crippen LogP contribution in [0.1, 0.15) is 33.4 Å². The summed E-state index contributed by atoms with van der Waals surface area (Å²) in [4.78, 5) is 13.6. The molecular formula is C39H21N3. The van der Waals surface area contributed by atoms with Gasteiger partial charge in [-0.2, -0.15) is 0 Å². The van der Waals surface area contributed by atoms with Crippen molar-refractivity contribution in [2.24, 2.45) is 0 Å². The Labute approximate surface area is 243 Å². The Balaban J connectivity index is 1.33. The average molecular weight is 532 g/mol. The second-order valence-corrected chi connectivity index (χ2v) is 9.69. The van der Waals surface area contributed by atoms with Crippen molar-refractivity contribution in [1.29, 1.82) is 0 Å². The minimum Gasteiger partial charge on any atom is -0.255 e. The first-order chi connectivity index (χ1) is 20.8. The van der Waals surface area contributed by atoms with E-state index in [1.807, 2.05) is 109 Å². The van der Waals surface area contributed by atoms with Gasteiger partial charge in [0.25, 0.3) is 0 Å². The van der Waals surface area contributed by atoms with Crippen LogP contribution < -0.4 is 0 Å². The fourth-order valence-electron chi connectivity index (χ4n) is 4.88. The number of rotatable bonds is 0. The Hall–Kier alpha value is -6.21. The van der Waals surface area contributed by atoms with E-state index in [0.29, 0.717) is 0 Å². The van der Waals surface area contributed by atoms with E-state index in [-0.39, 0.29) is 0 Å². The van der Waals surface area contributed by atoms with Crippen molar-refractivity contribution in [3.63, 3.8) is 0 Å². The molecule has 3 nitrogen and oxygen atoms in total. The third-order valence-corrected chi connectivity index (χ3v) is 6.86. The van der Waals surface area contributed by atoms with Crippen LogP contribution >= 0.6 is 0 Å². The number of pyridine rings is 3. The van der Waals surface area contributed by atoms with Gasteiger partial charge in [0.2, 0.25) is 0 Å². The first-order valence-electron chi connectivity index (χ1n) is 13.5. The van der Waals surface area contributed by atoms with Crippen LogP contribution in [-0.2, 0) is 0 Å². The van der Waals surface area contributed by atoms with Crippen molar-refractivity contribution >= 4 is 32.7 Å². The minimum absolute atomic E-state index is 0.825. The van der Waals surface area contributed by atoms with Crippen LogP contribution in [0, 0.1) is 35.5 Å². The van der Waals surface area contributed by atoms with Crippen LogP contribution in [0.4, 0.5) is 0 Å². The second kappa shape index (κ2) is 11.1. The number of benzene rings is 4. The third kappa shape index (κ3) is 5.17. The molecule has 0 amide bonds. The number of para-hydroxylation sites is 3. The first kappa shape index (κ1) is 24.8. The first-order valence-corrected chi connectivity index (χ1v) is 13.5. The van der Waals surface area contributed by atoms with Crippen molar-refractivity contribution in [2.45, 2.75) is 0 Å². The highest BCUT2D eigenvalue weighted by molar-refractivity contribution is 5.86. The fraction of sp³-hybridized carbons (Fsp3) is 0. The highest BCUT2D eigenvalue weighted by Crippen LogP contribution is 2.18. The number of hydrogen-bond donors (Lipinski definition) is 0. The van der Waals surface area contributed by atoms with Gasteiger partial charge >= 0.3 is 0 Å². The molecule has 3 heterocycles. The van der Waals surface area contributed by atoms with Crippen molar-refractivity contribution < 1.29 is 0 Å². The molecule has 7 rings (SSSR count). The van der Waals surface area contributed by atoms with Crippen LogP contribution in [-0.4, -0.2) is 15.0 Å². The lowest BCUT2D eigenvalue weighted by Gasteiger charge is -2.01. The highest BCUT2D eigenvalue weighted by atomic mass is 14.7. The largest absolute Gasteiger partial charge is 0.255 e. The SMILES string of the molecule is C(#Cc1cccc2cccnc12)c1cc(C#Cc2cccc3cccnc23)cc(C#Cc2cccc3cccnc23)c1. The molecular weight excluding hydrogens is 510 g/mol. The maximum Gasteiger partial charge on any atom is 0.0858 e. The molecule has 0 radical (unpaired) electrons. The minimum atomic E-state index is 0.825. The Kier molecular flexibility index (Phi) is 6.56. The lowest BCUT2D eigenvalue weighted by molar-refractivity contribution is 1.40. The molecule has 7 aromatic rings. The number of nitrogens with zero attached hydrogens (tertiary/aromatic N) is 3. The van der Waals surface area contributed by atoms with Gasteiger partial charge in [-0.15, -0.1) is 0 Å². The molecule has 0 unspecified atom stereocenters. The summed E-state index contributed by atoms with van der Waals surface area (Å²) in [5, 5.41) is 3.17.